The smallest absolute Gasteiger partial charge is 0.130 e. The van der Waals surface area contributed by atoms with Crippen LogP contribution in [-0.4, -0.2) is 28.5 Å². The Morgan fingerprint density at radius 3 is 2.33 bits per heavy atom. The van der Waals surface area contributed by atoms with Gasteiger partial charge in [-0.05, 0) is 24.8 Å². The van der Waals surface area contributed by atoms with Gasteiger partial charge in [0.05, 0.1) is 0 Å². The van der Waals surface area contributed by atoms with Crippen molar-refractivity contribution < 1.29 is 0 Å². The molecular formula is C15H25N3. The van der Waals surface area contributed by atoms with Gasteiger partial charge in [-0.3, -0.25) is 0 Å². The van der Waals surface area contributed by atoms with Gasteiger partial charge in [0, 0.05) is 37.0 Å². The summed E-state index contributed by atoms with van der Waals surface area (Å²) in [6.45, 7) is 11.1. The lowest BCUT2D eigenvalue weighted by molar-refractivity contribution is 0.294. The predicted molar refractivity (Wildman–Crippen MR) is 74.3 cm³/mol. The Balaban J connectivity index is 1.85. The van der Waals surface area contributed by atoms with Gasteiger partial charge in [0.15, 0.2) is 0 Å². The molecule has 1 heterocycles. The van der Waals surface area contributed by atoms with Gasteiger partial charge in [0.25, 0.3) is 0 Å². The molecule has 1 aromatic rings. The van der Waals surface area contributed by atoms with E-state index in [0.29, 0.717) is 11.3 Å². The molecule has 100 valence electrons. The highest BCUT2D eigenvalue weighted by Gasteiger charge is 2.45. The molecule has 0 bridgehead atoms. The largest absolute Gasteiger partial charge is 0.302 e. The van der Waals surface area contributed by atoms with E-state index in [0.717, 1.165) is 18.3 Å². The maximum absolute atomic E-state index is 4.42. The van der Waals surface area contributed by atoms with Crippen LogP contribution in [0.2, 0.25) is 0 Å². The second-order valence-corrected chi connectivity index (χ2v) is 6.69. The molecule has 1 aromatic heterocycles. The van der Waals surface area contributed by atoms with Gasteiger partial charge in [-0.15, -0.1) is 0 Å². The molecule has 2 rings (SSSR count). The molecule has 1 atom stereocenters. The number of hydrogen-bond acceptors (Lipinski definition) is 3. The van der Waals surface area contributed by atoms with E-state index in [1.807, 2.05) is 12.4 Å². The first-order chi connectivity index (χ1) is 8.38. The molecule has 0 radical (unpaired) electrons. The van der Waals surface area contributed by atoms with Crippen molar-refractivity contribution in [1.82, 2.24) is 14.9 Å². The van der Waals surface area contributed by atoms with E-state index in [1.165, 1.54) is 18.5 Å². The Kier molecular flexibility index (Phi) is 3.71. The number of aromatic nitrogens is 2. The van der Waals surface area contributed by atoms with Gasteiger partial charge in [0.2, 0.25) is 0 Å². The van der Waals surface area contributed by atoms with Crippen LogP contribution in [0.4, 0.5) is 0 Å². The molecule has 0 spiro atoms. The Morgan fingerprint density at radius 2 is 1.89 bits per heavy atom. The summed E-state index contributed by atoms with van der Waals surface area (Å²) in [6.07, 6.45) is 5.30. The third-order valence-electron chi connectivity index (χ3n) is 3.94. The third kappa shape index (κ3) is 3.29. The molecule has 0 N–H and O–H groups in total. The summed E-state index contributed by atoms with van der Waals surface area (Å²) >= 11 is 0. The summed E-state index contributed by atoms with van der Waals surface area (Å²) in [5.41, 5.74) is 1.77. The number of hydrogen-bond donors (Lipinski definition) is 0. The lowest BCUT2D eigenvalue weighted by atomic mass is 10.1. The van der Waals surface area contributed by atoms with Crippen LogP contribution < -0.4 is 0 Å². The average Bonchev–Trinajstić information content (AvgIpc) is 2.86. The fraction of sp³-hybridized carbons (Fsp3) is 0.733. The quantitative estimate of drug-likeness (QED) is 0.800. The molecule has 3 nitrogen and oxygen atoms in total. The fourth-order valence-electron chi connectivity index (χ4n) is 2.38. The van der Waals surface area contributed by atoms with Gasteiger partial charge in [-0.1, -0.05) is 27.7 Å². The molecule has 0 aliphatic heterocycles. The molecule has 0 saturated heterocycles. The van der Waals surface area contributed by atoms with Gasteiger partial charge in [0.1, 0.15) is 5.82 Å². The minimum atomic E-state index is 0.407. The summed E-state index contributed by atoms with van der Waals surface area (Å²) in [7, 11) is 2.19. The van der Waals surface area contributed by atoms with Crippen LogP contribution in [0.5, 0.6) is 0 Å². The van der Waals surface area contributed by atoms with Gasteiger partial charge >= 0.3 is 0 Å². The highest BCUT2D eigenvalue weighted by atomic mass is 15.1. The Morgan fingerprint density at radius 1 is 1.33 bits per heavy atom. The first-order valence-electron chi connectivity index (χ1n) is 6.88. The summed E-state index contributed by atoms with van der Waals surface area (Å²) in [5.74, 6) is 2.20. The second kappa shape index (κ2) is 4.96. The molecule has 18 heavy (non-hydrogen) atoms. The molecule has 0 amide bonds. The van der Waals surface area contributed by atoms with E-state index in [1.54, 1.807) is 0 Å². The zero-order valence-corrected chi connectivity index (χ0v) is 12.3. The average molecular weight is 247 g/mol. The Bertz CT molecular complexity index is 395. The standard InChI is InChI=1S/C15H25N3/c1-11(2)14-16-7-12(8-17-14)9-18(5)10-13-6-15(13,3)4/h7-8,11,13H,6,9-10H2,1-5H3/t13-/m1/s1. The van der Waals surface area contributed by atoms with Gasteiger partial charge in [-0.2, -0.15) is 0 Å². The van der Waals surface area contributed by atoms with Crippen molar-refractivity contribution in [2.45, 2.75) is 46.6 Å². The molecular weight excluding hydrogens is 222 g/mol. The first kappa shape index (κ1) is 13.5. The van der Waals surface area contributed by atoms with Crippen molar-refractivity contribution in [1.29, 1.82) is 0 Å². The summed E-state index contributed by atoms with van der Waals surface area (Å²) in [6, 6.07) is 0. The third-order valence-corrected chi connectivity index (χ3v) is 3.94. The number of rotatable bonds is 5. The van der Waals surface area contributed by atoms with Crippen molar-refractivity contribution >= 4 is 0 Å². The van der Waals surface area contributed by atoms with Gasteiger partial charge in [-0.25, -0.2) is 9.97 Å². The van der Waals surface area contributed by atoms with Crippen molar-refractivity contribution in [3.63, 3.8) is 0 Å². The molecule has 1 saturated carbocycles. The molecule has 0 aromatic carbocycles. The highest BCUT2D eigenvalue weighted by molar-refractivity contribution is 5.07. The topological polar surface area (TPSA) is 29.0 Å². The van der Waals surface area contributed by atoms with Crippen LogP contribution in [0.15, 0.2) is 12.4 Å². The SMILES string of the molecule is CC(C)c1ncc(CN(C)C[C@H]2CC2(C)C)cn1. The van der Waals surface area contributed by atoms with Gasteiger partial charge < -0.3 is 4.90 Å². The minimum absolute atomic E-state index is 0.407. The molecule has 0 unspecified atom stereocenters. The lowest BCUT2D eigenvalue weighted by Crippen LogP contribution is -2.22. The van der Waals surface area contributed by atoms with Crippen LogP contribution in [0.25, 0.3) is 0 Å². The van der Waals surface area contributed by atoms with Crippen molar-refractivity contribution in [2.75, 3.05) is 13.6 Å². The van der Waals surface area contributed by atoms with Crippen molar-refractivity contribution in [3.8, 4) is 0 Å². The van der Waals surface area contributed by atoms with Crippen LogP contribution >= 0.6 is 0 Å². The zero-order valence-electron chi connectivity index (χ0n) is 12.3. The van der Waals surface area contributed by atoms with Crippen molar-refractivity contribution in [3.05, 3.63) is 23.8 Å². The maximum Gasteiger partial charge on any atom is 0.130 e. The van der Waals surface area contributed by atoms with E-state index in [-0.39, 0.29) is 0 Å². The van der Waals surface area contributed by atoms with E-state index in [9.17, 15) is 0 Å². The predicted octanol–water partition coefficient (Wildman–Crippen LogP) is 3.08. The minimum Gasteiger partial charge on any atom is -0.302 e. The molecule has 1 fully saturated rings. The first-order valence-corrected chi connectivity index (χ1v) is 6.88. The second-order valence-electron chi connectivity index (χ2n) is 6.69. The highest BCUT2D eigenvalue weighted by Crippen LogP contribution is 2.51. The normalized spacial score (nSPS) is 21.6. The zero-order chi connectivity index (χ0) is 13.3. The Hall–Kier alpha value is -0.960. The molecule has 1 aliphatic carbocycles. The molecule has 1 aliphatic rings. The summed E-state index contributed by atoms with van der Waals surface area (Å²) < 4.78 is 0. The Labute approximate surface area is 111 Å². The van der Waals surface area contributed by atoms with E-state index < -0.39 is 0 Å². The van der Waals surface area contributed by atoms with Crippen LogP contribution in [0.1, 0.15) is 51.4 Å². The number of nitrogens with zero attached hydrogens (tertiary/aromatic N) is 3. The van der Waals surface area contributed by atoms with E-state index >= 15 is 0 Å². The van der Waals surface area contributed by atoms with E-state index in [4.69, 9.17) is 0 Å². The van der Waals surface area contributed by atoms with Crippen molar-refractivity contribution in [2.24, 2.45) is 11.3 Å². The summed E-state index contributed by atoms with van der Waals surface area (Å²) in [5, 5.41) is 0. The monoisotopic (exact) mass is 247 g/mol. The fourth-order valence-corrected chi connectivity index (χ4v) is 2.38. The van der Waals surface area contributed by atoms with Crippen LogP contribution in [0.3, 0.4) is 0 Å². The lowest BCUT2D eigenvalue weighted by Gasteiger charge is -2.17. The van der Waals surface area contributed by atoms with Crippen LogP contribution in [-0.2, 0) is 6.54 Å². The van der Waals surface area contributed by atoms with Crippen LogP contribution in [0, 0.1) is 11.3 Å². The summed E-state index contributed by atoms with van der Waals surface area (Å²) in [4.78, 5) is 11.2. The molecule has 3 heteroatoms. The maximum atomic E-state index is 4.42. The van der Waals surface area contributed by atoms with E-state index in [2.05, 4.69) is 49.6 Å².